The van der Waals surface area contributed by atoms with E-state index in [0.29, 0.717) is 55.0 Å². The lowest BCUT2D eigenvalue weighted by atomic mass is 9.99. The fraction of sp³-hybridized carbons (Fsp3) is 0.800. The topological polar surface area (TPSA) is 64.6 Å². The number of hydrogen-bond donors (Lipinski definition) is 1. The molecule has 1 atom stereocenters. The second-order valence-electron chi connectivity index (χ2n) is 7.15. The predicted molar refractivity (Wildman–Crippen MR) is 116 cm³/mol. The van der Waals surface area contributed by atoms with Crippen molar-refractivity contribution in [1.29, 1.82) is 0 Å². The average molecular weight is 418 g/mol. The van der Waals surface area contributed by atoms with Crippen molar-refractivity contribution >= 4 is 33.3 Å². The summed E-state index contributed by atoms with van der Waals surface area (Å²) < 4.78 is 10.8. The van der Waals surface area contributed by atoms with Crippen molar-refractivity contribution in [1.82, 2.24) is 5.32 Å². The van der Waals surface area contributed by atoms with Gasteiger partial charge in [0.25, 0.3) is 0 Å². The Morgan fingerprint density at radius 3 is 2.30 bits per heavy atom. The molecule has 27 heavy (non-hydrogen) atoms. The van der Waals surface area contributed by atoms with Gasteiger partial charge in [0, 0.05) is 23.5 Å². The largest absolute Gasteiger partial charge is 0.369 e. The molecule has 0 saturated carbocycles. The van der Waals surface area contributed by atoms with Crippen LogP contribution in [0.15, 0.2) is 0 Å². The van der Waals surface area contributed by atoms with Crippen LogP contribution in [0.4, 0.5) is 0 Å². The minimum absolute atomic E-state index is 0.0152. The van der Waals surface area contributed by atoms with Gasteiger partial charge in [-0.1, -0.05) is 75.0 Å². The monoisotopic (exact) mass is 417 g/mol. The summed E-state index contributed by atoms with van der Waals surface area (Å²) in [5.74, 6) is 7.37. The number of nitrogens with one attached hydrogen (secondary N) is 1. The van der Waals surface area contributed by atoms with Crippen LogP contribution in [0.3, 0.4) is 0 Å². The van der Waals surface area contributed by atoms with Gasteiger partial charge < -0.3 is 14.8 Å². The van der Waals surface area contributed by atoms with E-state index in [0.717, 1.165) is 0 Å². The van der Waals surface area contributed by atoms with Crippen LogP contribution in [0.25, 0.3) is 0 Å². The molecule has 1 N–H and O–H groups in total. The van der Waals surface area contributed by atoms with Crippen molar-refractivity contribution < 1.29 is 19.1 Å². The smallest absolute Gasteiger partial charge is 0.246 e. The fourth-order valence-electron chi connectivity index (χ4n) is 1.75. The van der Waals surface area contributed by atoms with Crippen molar-refractivity contribution in [3.05, 3.63) is 0 Å². The van der Waals surface area contributed by atoms with Crippen LogP contribution in [0.1, 0.15) is 48.0 Å². The Morgan fingerprint density at radius 2 is 1.70 bits per heavy atom. The van der Waals surface area contributed by atoms with E-state index in [9.17, 15) is 9.59 Å². The molecule has 0 heterocycles. The molecule has 0 aliphatic carbocycles. The Morgan fingerprint density at radius 1 is 1.04 bits per heavy atom. The van der Waals surface area contributed by atoms with Crippen LogP contribution < -0.4 is 5.32 Å². The fourth-order valence-corrected chi connectivity index (χ4v) is 4.39. The highest BCUT2D eigenvalue weighted by molar-refractivity contribution is 8.76. The Labute approximate surface area is 172 Å². The quantitative estimate of drug-likeness (QED) is 0.201. The van der Waals surface area contributed by atoms with Gasteiger partial charge in [-0.3, -0.25) is 9.59 Å². The molecular formula is C20H35NO4S2. The van der Waals surface area contributed by atoms with Crippen LogP contribution >= 0.6 is 21.6 Å². The Hall–Kier alpha value is -0.680. The zero-order valence-corrected chi connectivity index (χ0v) is 19.1. The number of ether oxygens (including phenoxy) is 2. The van der Waals surface area contributed by atoms with Gasteiger partial charge in [-0.05, 0) is 5.92 Å². The number of carbonyl (C=O) groups excluding carboxylic acids is 2. The summed E-state index contributed by atoms with van der Waals surface area (Å²) >= 11 is 0. The maximum atomic E-state index is 11.9. The zero-order chi connectivity index (χ0) is 20.7. The molecule has 0 saturated heterocycles. The summed E-state index contributed by atoms with van der Waals surface area (Å²) in [6.07, 6.45) is 0.604. The molecule has 0 spiro atoms. The molecule has 0 aliphatic rings. The van der Waals surface area contributed by atoms with Crippen LogP contribution in [0.2, 0.25) is 0 Å². The van der Waals surface area contributed by atoms with E-state index in [1.807, 2.05) is 27.7 Å². The highest BCUT2D eigenvalue weighted by Crippen LogP contribution is 2.34. The van der Waals surface area contributed by atoms with E-state index in [1.165, 1.54) is 0 Å². The maximum absolute atomic E-state index is 11.9. The highest BCUT2D eigenvalue weighted by atomic mass is 33.1. The molecule has 0 bridgehead atoms. The molecule has 5 nitrogen and oxygen atoms in total. The molecular weight excluding hydrogens is 382 g/mol. The summed E-state index contributed by atoms with van der Waals surface area (Å²) in [6, 6.07) is 0. The number of amides is 1. The van der Waals surface area contributed by atoms with Crippen molar-refractivity contribution in [2.75, 3.05) is 32.3 Å². The minimum Gasteiger partial charge on any atom is -0.369 e. The van der Waals surface area contributed by atoms with Gasteiger partial charge in [-0.2, -0.15) is 0 Å². The number of hydrogen-bond acceptors (Lipinski definition) is 6. The molecule has 0 aromatic carbocycles. The van der Waals surface area contributed by atoms with Gasteiger partial charge in [0.15, 0.2) is 0 Å². The average Bonchev–Trinajstić information content (AvgIpc) is 2.59. The van der Waals surface area contributed by atoms with Crippen LogP contribution in [0.5, 0.6) is 0 Å². The second kappa shape index (κ2) is 16.3. The Bertz CT molecular complexity index is 484. The van der Waals surface area contributed by atoms with E-state index in [1.54, 1.807) is 21.6 Å². The van der Waals surface area contributed by atoms with Crippen LogP contribution in [-0.4, -0.2) is 49.2 Å². The van der Waals surface area contributed by atoms with Gasteiger partial charge >= 0.3 is 0 Å². The summed E-state index contributed by atoms with van der Waals surface area (Å²) in [7, 11) is 3.33. The minimum atomic E-state index is -0.174. The normalized spacial score (nSPS) is 12.2. The molecule has 0 aromatic heterocycles. The van der Waals surface area contributed by atoms with Crippen molar-refractivity contribution in [2.24, 2.45) is 17.8 Å². The number of ketones is 1. The van der Waals surface area contributed by atoms with Crippen molar-refractivity contribution in [3.8, 4) is 11.8 Å². The molecule has 0 fully saturated rings. The molecule has 0 aliphatic heterocycles. The van der Waals surface area contributed by atoms with Crippen molar-refractivity contribution in [2.45, 2.75) is 53.2 Å². The third-order valence-electron chi connectivity index (χ3n) is 3.48. The third kappa shape index (κ3) is 16.0. The van der Waals surface area contributed by atoms with E-state index >= 15 is 0 Å². The lowest BCUT2D eigenvalue weighted by molar-refractivity contribution is -0.126. The summed E-state index contributed by atoms with van der Waals surface area (Å²) in [6.45, 7) is 13.3. The number of rotatable bonds is 14. The highest BCUT2D eigenvalue weighted by Gasteiger charge is 2.20. The molecule has 0 aromatic rings. The summed E-state index contributed by atoms with van der Waals surface area (Å²) in [4.78, 5) is 23.4. The third-order valence-corrected chi connectivity index (χ3v) is 6.28. The standard InChI is InChI=1S/C20H35NO4S2/c1-15(2)8-7-9-21-20(23)13-24-10-11-25-14-26-27-19(17(5)6)12-18(22)16(3)4/h15-17,19H,9-14H2,1-6H3,(H,21,23). The van der Waals surface area contributed by atoms with E-state index in [2.05, 4.69) is 31.0 Å². The van der Waals surface area contributed by atoms with Gasteiger partial charge in [0.1, 0.15) is 18.3 Å². The maximum Gasteiger partial charge on any atom is 0.246 e. The second-order valence-corrected chi connectivity index (χ2v) is 9.71. The molecule has 7 heteroatoms. The van der Waals surface area contributed by atoms with E-state index in [-0.39, 0.29) is 18.4 Å². The first-order chi connectivity index (χ1) is 12.7. The molecule has 156 valence electrons. The van der Waals surface area contributed by atoms with E-state index in [4.69, 9.17) is 9.47 Å². The van der Waals surface area contributed by atoms with Crippen LogP contribution in [0, 0.1) is 29.6 Å². The lowest BCUT2D eigenvalue weighted by Crippen LogP contribution is -2.28. The first kappa shape index (κ1) is 26.3. The van der Waals surface area contributed by atoms with Gasteiger partial charge in [-0.25, -0.2) is 0 Å². The SMILES string of the molecule is CC(C)C#CCNC(=O)COCCOCSSC(CC(=O)C(C)C)C(C)C. The zero-order valence-electron chi connectivity index (χ0n) is 17.5. The van der Waals surface area contributed by atoms with Gasteiger partial charge in [0.2, 0.25) is 5.91 Å². The molecule has 0 rings (SSSR count). The molecule has 0 radical (unpaired) electrons. The van der Waals surface area contributed by atoms with Crippen LogP contribution in [-0.2, 0) is 19.1 Å². The van der Waals surface area contributed by atoms with Gasteiger partial charge in [-0.15, -0.1) is 0 Å². The first-order valence-electron chi connectivity index (χ1n) is 9.45. The van der Waals surface area contributed by atoms with Gasteiger partial charge in [0.05, 0.1) is 19.8 Å². The Balaban J connectivity index is 3.69. The lowest BCUT2D eigenvalue weighted by Gasteiger charge is -2.19. The first-order valence-corrected chi connectivity index (χ1v) is 11.8. The number of carbonyl (C=O) groups is 2. The predicted octanol–water partition coefficient (Wildman–Crippen LogP) is 3.77. The van der Waals surface area contributed by atoms with E-state index < -0.39 is 0 Å². The summed E-state index contributed by atoms with van der Waals surface area (Å²) in [5.41, 5.74) is 0. The Kier molecular flexibility index (Phi) is 15.9. The number of Topliss-reactive ketones (excluding diaryl/α,β-unsaturated/α-hetero) is 1. The summed E-state index contributed by atoms with van der Waals surface area (Å²) in [5, 5.41) is 2.98. The molecule has 1 amide bonds. The molecule has 1 unspecified atom stereocenters. The van der Waals surface area contributed by atoms with Crippen molar-refractivity contribution in [3.63, 3.8) is 0 Å².